The standard InChI is InChI=1S/C20H19NO6S/c1-12-4-6-15(28(3,25)26)10-16(12)20(24)27-11-18(22)13-5-7-17-14(8-13)9-19(23)21(17)2/h4-8,10H,9,11H2,1-3H3. The fourth-order valence-corrected chi connectivity index (χ4v) is 3.63. The molecule has 1 amide bonds. The summed E-state index contributed by atoms with van der Waals surface area (Å²) in [6, 6.07) is 9.07. The van der Waals surface area contributed by atoms with E-state index < -0.39 is 28.2 Å². The van der Waals surface area contributed by atoms with E-state index in [1.165, 1.54) is 23.1 Å². The first kappa shape index (κ1) is 19.8. The van der Waals surface area contributed by atoms with Crippen LogP contribution in [0.15, 0.2) is 41.3 Å². The molecule has 0 unspecified atom stereocenters. The van der Waals surface area contributed by atoms with Crippen molar-refractivity contribution in [1.29, 1.82) is 0 Å². The van der Waals surface area contributed by atoms with E-state index in [0.29, 0.717) is 11.1 Å². The van der Waals surface area contributed by atoms with Gasteiger partial charge in [-0.2, -0.15) is 0 Å². The number of Topliss-reactive ketones (excluding diaryl/α,β-unsaturated/α-hetero) is 1. The highest BCUT2D eigenvalue weighted by molar-refractivity contribution is 7.90. The van der Waals surface area contributed by atoms with Gasteiger partial charge < -0.3 is 9.64 Å². The Bertz CT molecular complexity index is 1100. The maximum atomic E-state index is 12.4. The minimum absolute atomic E-state index is 0.00351. The van der Waals surface area contributed by atoms with E-state index in [2.05, 4.69) is 0 Å². The molecule has 0 saturated carbocycles. The zero-order chi connectivity index (χ0) is 20.6. The Hall–Kier alpha value is -3.00. The van der Waals surface area contributed by atoms with Gasteiger partial charge in [0.15, 0.2) is 22.2 Å². The molecule has 0 radical (unpaired) electrons. The van der Waals surface area contributed by atoms with E-state index in [1.54, 1.807) is 32.2 Å². The zero-order valence-electron chi connectivity index (χ0n) is 15.7. The van der Waals surface area contributed by atoms with Crippen molar-refractivity contribution in [2.45, 2.75) is 18.2 Å². The summed E-state index contributed by atoms with van der Waals surface area (Å²) in [7, 11) is -1.80. The fourth-order valence-electron chi connectivity index (χ4n) is 2.99. The van der Waals surface area contributed by atoms with E-state index in [1.807, 2.05) is 0 Å². The molecule has 0 spiro atoms. The minimum atomic E-state index is -3.47. The van der Waals surface area contributed by atoms with E-state index in [9.17, 15) is 22.8 Å². The molecule has 0 fully saturated rings. The molecular formula is C20H19NO6S. The van der Waals surface area contributed by atoms with Gasteiger partial charge in [0.2, 0.25) is 5.91 Å². The first-order chi connectivity index (χ1) is 13.1. The highest BCUT2D eigenvalue weighted by atomic mass is 32.2. The molecule has 1 heterocycles. The van der Waals surface area contributed by atoms with Crippen LogP contribution in [0.2, 0.25) is 0 Å². The third-order valence-electron chi connectivity index (χ3n) is 4.67. The summed E-state index contributed by atoms with van der Waals surface area (Å²) in [5, 5.41) is 0. The van der Waals surface area contributed by atoms with Crippen LogP contribution in [0.5, 0.6) is 0 Å². The van der Waals surface area contributed by atoms with Gasteiger partial charge in [-0.05, 0) is 48.4 Å². The molecule has 0 aliphatic carbocycles. The Labute approximate surface area is 162 Å². The Morgan fingerprint density at radius 3 is 2.54 bits per heavy atom. The lowest BCUT2D eigenvalue weighted by Crippen LogP contribution is -2.20. The number of ether oxygens (including phenoxy) is 1. The van der Waals surface area contributed by atoms with Gasteiger partial charge >= 0.3 is 5.97 Å². The van der Waals surface area contributed by atoms with E-state index in [4.69, 9.17) is 4.74 Å². The molecule has 3 rings (SSSR count). The van der Waals surface area contributed by atoms with Gasteiger partial charge in [-0.15, -0.1) is 0 Å². The van der Waals surface area contributed by atoms with Crippen molar-refractivity contribution in [1.82, 2.24) is 0 Å². The molecule has 0 atom stereocenters. The summed E-state index contributed by atoms with van der Waals surface area (Å²) in [5.74, 6) is -1.23. The average molecular weight is 401 g/mol. The number of rotatable bonds is 5. The lowest BCUT2D eigenvalue weighted by Gasteiger charge is -2.11. The van der Waals surface area contributed by atoms with Crippen LogP contribution in [-0.2, 0) is 25.8 Å². The molecule has 2 aromatic carbocycles. The Balaban J connectivity index is 1.73. The van der Waals surface area contributed by atoms with Crippen LogP contribution in [0, 0.1) is 6.92 Å². The van der Waals surface area contributed by atoms with Crippen LogP contribution >= 0.6 is 0 Å². The lowest BCUT2D eigenvalue weighted by molar-refractivity contribution is -0.117. The lowest BCUT2D eigenvalue weighted by atomic mass is 10.1. The van der Waals surface area contributed by atoms with Crippen LogP contribution in [0.4, 0.5) is 5.69 Å². The zero-order valence-corrected chi connectivity index (χ0v) is 16.5. The number of benzene rings is 2. The third kappa shape index (κ3) is 3.82. The quantitative estimate of drug-likeness (QED) is 0.561. The Morgan fingerprint density at radius 2 is 1.86 bits per heavy atom. The van der Waals surface area contributed by atoms with Crippen molar-refractivity contribution in [3.05, 3.63) is 58.7 Å². The summed E-state index contributed by atoms with van der Waals surface area (Å²) in [5.41, 5.74) is 2.49. The highest BCUT2D eigenvalue weighted by Gasteiger charge is 2.25. The molecule has 8 heteroatoms. The second-order valence-corrected chi connectivity index (χ2v) is 8.74. The molecule has 1 aliphatic heterocycles. The second kappa shape index (κ2) is 7.20. The van der Waals surface area contributed by atoms with Crippen molar-refractivity contribution < 1.29 is 27.5 Å². The molecule has 0 bridgehead atoms. The molecule has 1 aliphatic rings. The number of carbonyl (C=O) groups is 3. The fraction of sp³-hybridized carbons (Fsp3) is 0.250. The van der Waals surface area contributed by atoms with Crippen molar-refractivity contribution >= 4 is 33.2 Å². The average Bonchev–Trinajstić information content (AvgIpc) is 2.92. The number of hydrogen-bond acceptors (Lipinski definition) is 6. The first-order valence-corrected chi connectivity index (χ1v) is 10.4. The van der Waals surface area contributed by atoms with Crippen molar-refractivity contribution in [2.75, 3.05) is 24.8 Å². The first-order valence-electron chi connectivity index (χ1n) is 8.48. The maximum absolute atomic E-state index is 12.4. The van der Waals surface area contributed by atoms with Crippen molar-refractivity contribution in [3.8, 4) is 0 Å². The number of nitrogens with zero attached hydrogens (tertiary/aromatic N) is 1. The molecule has 2 aromatic rings. The SMILES string of the molecule is Cc1ccc(S(C)(=O)=O)cc1C(=O)OCC(=O)c1ccc2c(c1)CC(=O)N2C. The van der Waals surface area contributed by atoms with Crippen LogP contribution in [-0.4, -0.2) is 46.0 Å². The van der Waals surface area contributed by atoms with Crippen LogP contribution < -0.4 is 4.90 Å². The summed E-state index contributed by atoms with van der Waals surface area (Å²) >= 11 is 0. The summed E-state index contributed by atoms with van der Waals surface area (Å²) in [6.45, 7) is 1.17. The van der Waals surface area contributed by atoms with Crippen molar-refractivity contribution in [2.24, 2.45) is 0 Å². The number of anilines is 1. The number of hydrogen-bond donors (Lipinski definition) is 0. The normalized spacial score (nSPS) is 13.4. The smallest absolute Gasteiger partial charge is 0.338 e. The monoisotopic (exact) mass is 401 g/mol. The van der Waals surface area contributed by atoms with Crippen LogP contribution in [0.25, 0.3) is 0 Å². The summed E-state index contributed by atoms with van der Waals surface area (Å²) in [6.07, 6.45) is 1.27. The highest BCUT2D eigenvalue weighted by Crippen LogP contribution is 2.28. The Kier molecular flexibility index (Phi) is 5.08. The van der Waals surface area contributed by atoms with E-state index >= 15 is 0 Å². The summed E-state index contributed by atoms with van der Waals surface area (Å²) < 4.78 is 28.4. The minimum Gasteiger partial charge on any atom is -0.454 e. The topological polar surface area (TPSA) is 97.8 Å². The van der Waals surface area contributed by atoms with Gasteiger partial charge in [0.25, 0.3) is 0 Å². The molecule has 0 aromatic heterocycles. The molecule has 7 nitrogen and oxygen atoms in total. The summed E-state index contributed by atoms with van der Waals surface area (Å²) in [4.78, 5) is 38.0. The third-order valence-corrected chi connectivity index (χ3v) is 5.78. The number of aryl methyl sites for hydroxylation is 1. The molecular weight excluding hydrogens is 382 g/mol. The van der Waals surface area contributed by atoms with Gasteiger partial charge in [0.05, 0.1) is 16.9 Å². The molecule has 28 heavy (non-hydrogen) atoms. The van der Waals surface area contributed by atoms with Crippen LogP contribution in [0.1, 0.15) is 31.8 Å². The maximum Gasteiger partial charge on any atom is 0.338 e. The number of esters is 1. The molecule has 146 valence electrons. The number of sulfone groups is 1. The van der Waals surface area contributed by atoms with Crippen LogP contribution in [0.3, 0.4) is 0 Å². The van der Waals surface area contributed by atoms with Gasteiger partial charge in [0.1, 0.15) is 0 Å². The van der Waals surface area contributed by atoms with Gasteiger partial charge in [-0.3, -0.25) is 9.59 Å². The predicted molar refractivity (Wildman–Crippen MR) is 102 cm³/mol. The van der Waals surface area contributed by atoms with Crippen molar-refractivity contribution in [3.63, 3.8) is 0 Å². The number of likely N-dealkylation sites (N-methyl/N-ethyl adjacent to an activating group) is 1. The second-order valence-electron chi connectivity index (χ2n) is 6.72. The Morgan fingerprint density at radius 1 is 1.14 bits per heavy atom. The number of carbonyl (C=O) groups excluding carboxylic acids is 3. The van der Waals surface area contributed by atoms with Gasteiger partial charge in [-0.1, -0.05) is 6.07 Å². The largest absolute Gasteiger partial charge is 0.454 e. The molecule has 0 N–H and O–H groups in total. The van der Waals surface area contributed by atoms with E-state index in [-0.39, 0.29) is 22.8 Å². The van der Waals surface area contributed by atoms with E-state index in [0.717, 1.165) is 17.5 Å². The van der Waals surface area contributed by atoms with Gasteiger partial charge in [0, 0.05) is 24.6 Å². The number of fused-ring (bicyclic) bond motifs is 1. The predicted octanol–water partition coefficient (Wildman–Crippen LogP) is 1.96. The molecule has 0 saturated heterocycles. The number of ketones is 1. The van der Waals surface area contributed by atoms with Gasteiger partial charge in [-0.25, -0.2) is 13.2 Å². The number of amides is 1.